The van der Waals surface area contributed by atoms with Crippen LogP contribution in [0.5, 0.6) is 5.75 Å². The number of oxime groups is 1. The molecular formula is C20H24N2O3. The third-order valence-corrected chi connectivity index (χ3v) is 3.35. The zero-order valence-corrected chi connectivity index (χ0v) is 15.1. The van der Waals surface area contributed by atoms with Gasteiger partial charge in [-0.2, -0.15) is 0 Å². The van der Waals surface area contributed by atoms with Crippen LogP contribution in [0.2, 0.25) is 0 Å². The molecule has 0 aliphatic rings. The van der Waals surface area contributed by atoms with Gasteiger partial charge in [0.25, 0.3) is 0 Å². The number of amides is 1. The van der Waals surface area contributed by atoms with Crippen LogP contribution in [0.25, 0.3) is 0 Å². The first kappa shape index (κ1) is 18.5. The van der Waals surface area contributed by atoms with Crippen molar-refractivity contribution in [3.05, 3.63) is 59.7 Å². The Hall–Kier alpha value is -2.82. The van der Waals surface area contributed by atoms with Crippen LogP contribution in [-0.4, -0.2) is 17.7 Å². The highest BCUT2D eigenvalue weighted by molar-refractivity contribution is 5.99. The standard InChI is InChI=1S/C20H24N2O3/c1-14(2)25-20-11-5-17(6-12-20)13-24-22-15(3)18-7-9-19(10-8-18)21-16(4)23/h5-12,14H,13H2,1-4H3,(H,21,23)/b22-15-. The van der Waals surface area contributed by atoms with Crippen LogP contribution in [0.15, 0.2) is 53.7 Å². The Balaban J connectivity index is 1.89. The Bertz CT molecular complexity index is 720. The average molecular weight is 340 g/mol. The summed E-state index contributed by atoms with van der Waals surface area (Å²) in [5, 5.41) is 6.88. The minimum absolute atomic E-state index is 0.0914. The molecule has 5 nitrogen and oxygen atoms in total. The van der Waals surface area contributed by atoms with Crippen LogP contribution < -0.4 is 10.1 Å². The third kappa shape index (κ3) is 6.30. The molecule has 2 aromatic carbocycles. The van der Waals surface area contributed by atoms with Gasteiger partial charge in [-0.25, -0.2) is 0 Å². The molecule has 0 aliphatic heterocycles. The van der Waals surface area contributed by atoms with Crippen LogP contribution >= 0.6 is 0 Å². The highest BCUT2D eigenvalue weighted by Crippen LogP contribution is 2.15. The van der Waals surface area contributed by atoms with Gasteiger partial charge in [-0.15, -0.1) is 0 Å². The molecule has 0 aliphatic carbocycles. The van der Waals surface area contributed by atoms with Gasteiger partial charge in [0, 0.05) is 12.6 Å². The quantitative estimate of drug-likeness (QED) is 0.601. The second kappa shape index (κ2) is 8.87. The molecule has 0 fully saturated rings. The minimum atomic E-state index is -0.0914. The minimum Gasteiger partial charge on any atom is -0.491 e. The smallest absolute Gasteiger partial charge is 0.221 e. The number of nitrogens with one attached hydrogen (secondary N) is 1. The number of hydrogen-bond donors (Lipinski definition) is 1. The lowest BCUT2D eigenvalue weighted by Gasteiger charge is -2.10. The summed E-state index contributed by atoms with van der Waals surface area (Å²) in [5.41, 5.74) is 3.49. The van der Waals surface area contributed by atoms with Gasteiger partial charge in [0.05, 0.1) is 11.8 Å². The van der Waals surface area contributed by atoms with E-state index in [1.165, 1.54) is 6.92 Å². The largest absolute Gasteiger partial charge is 0.491 e. The fourth-order valence-corrected chi connectivity index (χ4v) is 2.19. The van der Waals surface area contributed by atoms with E-state index in [4.69, 9.17) is 9.57 Å². The molecule has 0 bridgehead atoms. The molecule has 25 heavy (non-hydrogen) atoms. The third-order valence-electron chi connectivity index (χ3n) is 3.35. The van der Waals surface area contributed by atoms with E-state index in [-0.39, 0.29) is 12.0 Å². The normalized spacial score (nSPS) is 11.3. The maximum absolute atomic E-state index is 11.0. The van der Waals surface area contributed by atoms with Gasteiger partial charge < -0.3 is 14.9 Å². The molecule has 2 aromatic rings. The first-order valence-corrected chi connectivity index (χ1v) is 8.24. The molecule has 0 saturated heterocycles. The summed E-state index contributed by atoms with van der Waals surface area (Å²) in [5.74, 6) is 0.754. The van der Waals surface area contributed by atoms with E-state index in [0.717, 1.165) is 28.3 Å². The van der Waals surface area contributed by atoms with Crippen molar-refractivity contribution in [2.75, 3.05) is 5.32 Å². The molecule has 0 aromatic heterocycles. The van der Waals surface area contributed by atoms with Gasteiger partial charge >= 0.3 is 0 Å². The zero-order valence-electron chi connectivity index (χ0n) is 15.1. The Morgan fingerprint density at radius 3 is 2.24 bits per heavy atom. The maximum Gasteiger partial charge on any atom is 0.221 e. The van der Waals surface area contributed by atoms with Crippen molar-refractivity contribution < 1.29 is 14.4 Å². The van der Waals surface area contributed by atoms with Gasteiger partial charge in [0.2, 0.25) is 5.91 Å². The molecule has 5 heteroatoms. The molecule has 2 rings (SSSR count). The van der Waals surface area contributed by atoms with Crippen LogP contribution in [0.3, 0.4) is 0 Å². The molecule has 0 heterocycles. The summed E-state index contributed by atoms with van der Waals surface area (Å²) >= 11 is 0. The number of carbonyl (C=O) groups is 1. The first-order chi connectivity index (χ1) is 11.9. The fraction of sp³-hybridized carbons (Fsp3) is 0.300. The van der Waals surface area contributed by atoms with Crippen molar-refractivity contribution in [2.24, 2.45) is 5.16 Å². The second-order valence-electron chi connectivity index (χ2n) is 6.02. The van der Waals surface area contributed by atoms with Crippen LogP contribution in [-0.2, 0) is 16.2 Å². The fourth-order valence-electron chi connectivity index (χ4n) is 2.19. The number of anilines is 1. The van der Waals surface area contributed by atoms with Crippen LogP contribution in [0.4, 0.5) is 5.69 Å². The van der Waals surface area contributed by atoms with E-state index in [0.29, 0.717) is 6.61 Å². The van der Waals surface area contributed by atoms with Gasteiger partial charge in [-0.3, -0.25) is 4.79 Å². The Labute approximate surface area is 148 Å². The summed E-state index contributed by atoms with van der Waals surface area (Å²) in [6, 6.07) is 15.2. The topological polar surface area (TPSA) is 59.9 Å². The number of hydrogen-bond acceptors (Lipinski definition) is 4. The van der Waals surface area contributed by atoms with E-state index in [9.17, 15) is 4.79 Å². The van der Waals surface area contributed by atoms with Crippen LogP contribution in [0.1, 0.15) is 38.8 Å². The van der Waals surface area contributed by atoms with E-state index < -0.39 is 0 Å². The molecule has 132 valence electrons. The Morgan fingerprint density at radius 2 is 1.68 bits per heavy atom. The van der Waals surface area contributed by atoms with Gasteiger partial charge in [0.15, 0.2) is 0 Å². The molecule has 0 saturated carbocycles. The second-order valence-corrected chi connectivity index (χ2v) is 6.02. The summed E-state index contributed by atoms with van der Waals surface area (Å²) < 4.78 is 5.61. The van der Waals surface area contributed by atoms with Crippen molar-refractivity contribution >= 4 is 17.3 Å². The molecule has 1 N–H and O–H groups in total. The van der Waals surface area contributed by atoms with Crippen molar-refractivity contribution in [3.63, 3.8) is 0 Å². The number of ether oxygens (including phenoxy) is 1. The monoisotopic (exact) mass is 340 g/mol. The molecule has 0 atom stereocenters. The molecule has 0 unspecified atom stereocenters. The number of nitrogens with zero attached hydrogens (tertiary/aromatic N) is 1. The zero-order chi connectivity index (χ0) is 18.2. The van der Waals surface area contributed by atoms with Gasteiger partial charge in [-0.05, 0) is 56.2 Å². The number of benzene rings is 2. The van der Waals surface area contributed by atoms with E-state index in [2.05, 4.69) is 10.5 Å². The van der Waals surface area contributed by atoms with Crippen molar-refractivity contribution in [1.82, 2.24) is 0 Å². The molecule has 0 radical (unpaired) electrons. The summed E-state index contributed by atoms with van der Waals surface area (Å²) in [6.07, 6.45) is 0.159. The summed E-state index contributed by atoms with van der Waals surface area (Å²) in [7, 11) is 0. The maximum atomic E-state index is 11.0. The van der Waals surface area contributed by atoms with Crippen molar-refractivity contribution in [2.45, 2.75) is 40.4 Å². The lowest BCUT2D eigenvalue weighted by Crippen LogP contribution is -2.06. The van der Waals surface area contributed by atoms with Crippen LogP contribution in [0, 0.1) is 0 Å². The number of rotatable bonds is 7. The van der Waals surface area contributed by atoms with Crippen molar-refractivity contribution in [3.8, 4) is 5.75 Å². The van der Waals surface area contributed by atoms with Gasteiger partial charge in [0.1, 0.15) is 12.4 Å². The predicted octanol–water partition coefficient (Wildman–Crippen LogP) is 4.37. The lowest BCUT2D eigenvalue weighted by atomic mass is 10.1. The molecule has 1 amide bonds. The average Bonchev–Trinajstić information content (AvgIpc) is 2.56. The number of carbonyl (C=O) groups excluding carboxylic acids is 1. The summed E-state index contributed by atoms with van der Waals surface area (Å²) in [6.45, 7) is 7.75. The summed E-state index contributed by atoms with van der Waals surface area (Å²) in [4.78, 5) is 16.4. The highest BCUT2D eigenvalue weighted by Gasteiger charge is 2.01. The predicted molar refractivity (Wildman–Crippen MR) is 100.0 cm³/mol. The highest BCUT2D eigenvalue weighted by atomic mass is 16.6. The Morgan fingerprint density at radius 1 is 1.04 bits per heavy atom. The van der Waals surface area contributed by atoms with E-state index >= 15 is 0 Å². The lowest BCUT2D eigenvalue weighted by molar-refractivity contribution is -0.114. The van der Waals surface area contributed by atoms with Crippen molar-refractivity contribution in [1.29, 1.82) is 0 Å². The molecule has 0 spiro atoms. The van der Waals surface area contributed by atoms with E-state index in [1.807, 2.05) is 69.3 Å². The van der Waals surface area contributed by atoms with E-state index in [1.54, 1.807) is 0 Å². The Kier molecular flexibility index (Phi) is 6.57. The van der Waals surface area contributed by atoms with Gasteiger partial charge in [-0.1, -0.05) is 29.4 Å². The molecular weight excluding hydrogens is 316 g/mol. The SMILES string of the molecule is CC(=O)Nc1ccc(/C(C)=N\OCc2ccc(OC(C)C)cc2)cc1. The first-order valence-electron chi connectivity index (χ1n) is 8.24.